The summed E-state index contributed by atoms with van der Waals surface area (Å²) < 4.78 is 23.3. The summed E-state index contributed by atoms with van der Waals surface area (Å²) in [5.74, 6) is 1.29. The van der Waals surface area contributed by atoms with Gasteiger partial charge in [0.1, 0.15) is 5.82 Å². The molecule has 2 aliphatic heterocycles. The van der Waals surface area contributed by atoms with E-state index in [1.807, 2.05) is 54.7 Å². The van der Waals surface area contributed by atoms with Gasteiger partial charge in [-0.15, -0.1) is 0 Å². The van der Waals surface area contributed by atoms with Gasteiger partial charge in [-0.05, 0) is 65.9 Å². The van der Waals surface area contributed by atoms with E-state index in [0.717, 1.165) is 52.4 Å². The first-order valence-electron chi connectivity index (χ1n) is 14.2. The number of amides is 1. The van der Waals surface area contributed by atoms with E-state index < -0.39 is 9.84 Å². The molecule has 8 nitrogen and oxygen atoms in total. The minimum Gasteiger partial charge on any atom is -0.342 e. The monoisotopic (exact) mass is 569 g/mol. The van der Waals surface area contributed by atoms with Crippen molar-refractivity contribution in [3.8, 4) is 22.4 Å². The Balaban J connectivity index is 1.03. The predicted molar refractivity (Wildman–Crippen MR) is 163 cm³/mol. The maximum absolute atomic E-state index is 12.8. The Morgan fingerprint density at radius 3 is 2.22 bits per heavy atom. The zero-order chi connectivity index (χ0) is 28.2. The summed E-state index contributed by atoms with van der Waals surface area (Å²) in [6, 6.07) is 24.2. The van der Waals surface area contributed by atoms with Crippen LogP contribution in [-0.2, 0) is 22.8 Å². The van der Waals surface area contributed by atoms with E-state index in [-0.39, 0.29) is 17.4 Å². The highest BCUT2D eigenvalue weighted by molar-refractivity contribution is 7.91. The topological polar surface area (TPSA) is 107 Å². The molecule has 1 aromatic heterocycles. The molecule has 3 aromatic carbocycles. The molecule has 2 aliphatic rings. The van der Waals surface area contributed by atoms with Crippen LogP contribution in [0.25, 0.3) is 22.4 Å². The molecule has 0 saturated carbocycles. The molecule has 1 unspecified atom stereocenters. The van der Waals surface area contributed by atoms with Crippen molar-refractivity contribution in [2.75, 3.05) is 36.5 Å². The first-order valence-corrected chi connectivity index (χ1v) is 16.0. The number of carbonyl (C=O) groups is 1. The Hall–Kier alpha value is -3.79. The summed E-state index contributed by atoms with van der Waals surface area (Å²) in [5.41, 5.74) is 6.64. The van der Waals surface area contributed by atoms with Crippen molar-refractivity contribution in [3.05, 3.63) is 95.9 Å². The van der Waals surface area contributed by atoms with E-state index >= 15 is 0 Å². The number of aromatic nitrogens is 2. The van der Waals surface area contributed by atoms with Crippen molar-refractivity contribution in [2.45, 2.75) is 31.8 Å². The number of nitrogens with one attached hydrogen (secondary N) is 3. The van der Waals surface area contributed by atoms with E-state index in [0.29, 0.717) is 31.2 Å². The highest BCUT2D eigenvalue weighted by Crippen LogP contribution is 2.25. The average Bonchev–Trinajstić information content (AvgIpc) is 3.68. The molecule has 6 rings (SSSR count). The Morgan fingerprint density at radius 2 is 1.56 bits per heavy atom. The molecular weight excluding hydrogens is 534 g/mol. The number of H-pyrrole nitrogens is 1. The van der Waals surface area contributed by atoms with Crippen LogP contribution in [0, 0.1) is 0 Å². The maximum Gasteiger partial charge on any atom is 0.255 e. The minimum absolute atomic E-state index is 0.163. The van der Waals surface area contributed by atoms with Crippen LogP contribution >= 0.6 is 0 Å². The summed E-state index contributed by atoms with van der Waals surface area (Å²) in [6.45, 7) is 2.92. The van der Waals surface area contributed by atoms with Gasteiger partial charge in [0, 0.05) is 43.3 Å². The molecule has 41 heavy (non-hydrogen) atoms. The Kier molecular flexibility index (Phi) is 8.00. The van der Waals surface area contributed by atoms with Gasteiger partial charge in [-0.25, -0.2) is 13.4 Å². The van der Waals surface area contributed by atoms with Crippen molar-refractivity contribution >= 4 is 21.4 Å². The second kappa shape index (κ2) is 12.0. The lowest BCUT2D eigenvalue weighted by Gasteiger charge is -2.26. The summed E-state index contributed by atoms with van der Waals surface area (Å²) >= 11 is 0. The molecule has 212 valence electrons. The van der Waals surface area contributed by atoms with E-state index in [1.54, 1.807) is 0 Å². The number of hydrogen-bond donors (Lipinski definition) is 3. The molecule has 0 radical (unpaired) electrons. The Morgan fingerprint density at radius 1 is 0.902 bits per heavy atom. The largest absolute Gasteiger partial charge is 0.342 e. The number of anilines is 1. The number of sulfone groups is 1. The number of hydrogen-bond acceptors (Lipinski definition) is 6. The van der Waals surface area contributed by atoms with Crippen molar-refractivity contribution in [1.82, 2.24) is 20.2 Å². The summed E-state index contributed by atoms with van der Waals surface area (Å²) in [7, 11) is -2.88. The third-order valence-electron chi connectivity index (χ3n) is 7.96. The number of aromatic amines is 1. The second-order valence-electron chi connectivity index (χ2n) is 11.0. The average molecular weight is 570 g/mol. The number of benzene rings is 3. The third kappa shape index (κ3) is 6.93. The van der Waals surface area contributed by atoms with Crippen molar-refractivity contribution in [3.63, 3.8) is 0 Å². The van der Waals surface area contributed by atoms with Crippen LogP contribution in [0.3, 0.4) is 0 Å². The van der Waals surface area contributed by atoms with Gasteiger partial charge in [0.25, 0.3) is 5.91 Å². The van der Waals surface area contributed by atoms with Crippen LogP contribution in [0.4, 0.5) is 5.69 Å². The highest BCUT2D eigenvalue weighted by atomic mass is 32.2. The van der Waals surface area contributed by atoms with E-state index in [1.165, 1.54) is 12.8 Å². The van der Waals surface area contributed by atoms with Gasteiger partial charge in [-0.2, -0.15) is 0 Å². The molecule has 4 aromatic rings. The molecule has 0 spiro atoms. The fourth-order valence-electron chi connectivity index (χ4n) is 5.50. The highest BCUT2D eigenvalue weighted by Gasteiger charge is 2.21. The summed E-state index contributed by atoms with van der Waals surface area (Å²) in [6.07, 6.45) is 5.27. The molecule has 2 fully saturated rings. The van der Waals surface area contributed by atoms with Crippen LogP contribution < -0.4 is 10.6 Å². The fraction of sp³-hybridized carbons (Fsp3) is 0.312. The zero-order valence-corrected chi connectivity index (χ0v) is 23.8. The van der Waals surface area contributed by atoms with Gasteiger partial charge in [-0.1, -0.05) is 48.5 Å². The fourth-order valence-corrected chi connectivity index (χ4v) is 6.77. The zero-order valence-electron chi connectivity index (χ0n) is 23.0. The smallest absolute Gasteiger partial charge is 0.255 e. The van der Waals surface area contributed by atoms with Gasteiger partial charge < -0.3 is 15.6 Å². The number of rotatable bonds is 8. The molecular formula is C32H35N5O3S. The van der Waals surface area contributed by atoms with Gasteiger partial charge in [0.2, 0.25) is 0 Å². The van der Waals surface area contributed by atoms with Gasteiger partial charge in [-0.3, -0.25) is 9.69 Å². The maximum atomic E-state index is 12.8. The normalized spacial score (nSPS) is 18.8. The lowest BCUT2D eigenvalue weighted by Crippen LogP contribution is -2.39. The third-order valence-corrected chi connectivity index (χ3v) is 9.57. The van der Waals surface area contributed by atoms with Gasteiger partial charge in [0.15, 0.2) is 9.84 Å². The molecule has 1 amide bonds. The van der Waals surface area contributed by atoms with Crippen LogP contribution in [0.1, 0.15) is 34.6 Å². The molecule has 0 bridgehead atoms. The predicted octanol–water partition coefficient (Wildman–Crippen LogP) is 4.52. The first kappa shape index (κ1) is 27.4. The van der Waals surface area contributed by atoms with E-state index in [4.69, 9.17) is 0 Å². The van der Waals surface area contributed by atoms with Crippen molar-refractivity contribution < 1.29 is 13.2 Å². The molecule has 2 saturated heterocycles. The molecule has 3 heterocycles. The summed E-state index contributed by atoms with van der Waals surface area (Å²) in [5, 5.41) is 6.48. The Bertz CT molecular complexity index is 1580. The quantitative estimate of drug-likeness (QED) is 0.288. The SMILES string of the molecule is O=C(Nc1ccc(CN2CCS(=O)(=O)CC2)cc1)c1ccc(-c2ccc(-c3cnc(CC4CCCN4)[nH]3)cc2)cc1. The molecule has 1 atom stereocenters. The van der Waals surface area contributed by atoms with Gasteiger partial charge in [0.05, 0.1) is 23.4 Å². The lowest BCUT2D eigenvalue weighted by molar-refractivity contribution is 0.102. The van der Waals surface area contributed by atoms with Crippen LogP contribution in [0.5, 0.6) is 0 Å². The lowest BCUT2D eigenvalue weighted by atomic mass is 10.0. The first-order chi connectivity index (χ1) is 19.9. The summed E-state index contributed by atoms with van der Waals surface area (Å²) in [4.78, 5) is 23.0. The number of nitrogens with zero attached hydrogens (tertiary/aromatic N) is 2. The van der Waals surface area contributed by atoms with Crippen molar-refractivity contribution in [1.29, 1.82) is 0 Å². The van der Waals surface area contributed by atoms with Crippen LogP contribution in [0.2, 0.25) is 0 Å². The number of imidazole rings is 1. The Labute approximate surface area is 241 Å². The van der Waals surface area contributed by atoms with Crippen LogP contribution in [0.15, 0.2) is 79.0 Å². The molecule has 0 aliphatic carbocycles. The van der Waals surface area contributed by atoms with E-state index in [9.17, 15) is 13.2 Å². The standard InChI is InChI=1S/C32H35N5O3S/c38-32(35-28-13-3-23(4-14-28)22-37-16-18-41(39,40)19-17-37)27-11-7-25(8-12-27)24-5-9-26(10-6-24)30-21-34-31(36-30)20-29-2-1-15-33-29/h3-14,21,29,33H,1-2,15-20,22H2,(H,34,36)(H,35,38). The van der Waals surface area contributed by atoms with Crippen LogP contribution in [-0.4, -0.2) is 66.4 Å². The second-order valence-corrected chi connectivity index (χ2v) is 13.3. The molecule has 9 heteroatoms. The van der Waals surface area contributed by atoms with Gasteiger partial charge >= 0.3 is 0 Å². The van der Waals surface area contributed by atoms with E-state index in [2.05, 4.69) is 49.8 Å². The number of carbonyl (C=O) groups excluding carboxylic acids is 1. The molecule has 3 N–H and O–H groups in total. The van der Waals surface area contributed by atoms with Crippen molar-refractivity contribution in [2.24, 2.45) is 0 Å². The minimum atomic E-state index is -2.88.